The molecule has 1 amide bonds. The lowest BCUT2D eigenvalue weighted by Gasteiger charge is -2.39. The van der Waals surface area contributed by atoms with Crippen LogP contribution in [0.25, 0.3) is 0 Å². The minimum absolute atomic E-state index is 0.220. The van der Waals surface area contributed by atoms with E-state index in [1.165, 1.54) is 14.0 Å². The number of nitrogens with zero attached hydrogens (tertiary/aromatic N) is 2. The third-order valence-corrected chi connectivity index (χ3v) is 2.39. The first-order valence-electron chi connectivity index (χ1n) is 6.02. The number of ether oxygens (including phenoxy) is 2. The van der Waals surface area contributed by atoms with Gasteiger partial charge in [-0.3, -0.25) is 0 Å². The number of likely N-dealkylation sites (N-methyl/N-ethyl adjacent to an activating group) is 1. The molecule has 0 aliphatic heterocycles. The van der Waals surface area contributed by atoms with Gasteiger partial charge in [0.1, 0.15) is 5.60 Å². The molecule has 0 saturated heterocycles. The molecule has 112 valence electrons. The highest BCUT2D eigenvalue weighted by molar-refractivity contribution is 5.78. The highest BCUT2D eigenvalue weighted by atomic mass is 16.6. The van der Waals surface area contributed by atoms with Crippen molar-refractivity contribution in [2.24, 2.45) is 0 Å². The Balaban J connectivity index is 5.06. The van der Waals surface area contributed by atoms with Crippen molar-refractivity contribution in [2.75, 3.05) is 20.7 Å². The van der Waals surface area contributed by atoms with Gasteiger partial charge in [0, 0.05) is 13.6 Å². The van der Waals surface area contributed by atoms with E-state index in [1.807, 2.05) is 0 Å². The van der Waals surface area contributed by atoms with Crippen molar-refractivity contribution >= 4 is 12.1 Å². The van der Waals surface area contributed by atoms with E-state index in [9.17, 15) is 14.7 Å². The van der Waals surface area contributed by atoms with Crippen LogP contribution in [-0.4, -0.2) is 59.2 Å². The highest BCUT2D eigenvalue weighted by Gasteiger charge is 2.42. The van der Waals surface area contributed by atoms with E-state index in [4.69, 9.17) is 4.74 Å². The molecule has 0 aliphatic rings. The SMILES string of the molecule is CCN(N(C)C(=O)OC(C)(C)C)[C@@](C)(O)C(=O)OC. The van der Waals surface area contributed by atoms with Crippen LogP contribution in [-0.2, 0) is 14.3 Å². The number of carbonyl (C=O) groups is 2. The number of hydrogen-bond acceptors (Lipinski definition) is 6. The maximum Gasteiger partial charge on any atom is 0.424 e. The fourth-order valence-corrected chi connectivity index (χ4v) is 1.54. The maximum absolute atomic E-state index is 11.9. The van der Waals surface area contributed by atoms with Gasteiger partial charge in [0.05, 0.1) is 7.11 Å². The molecule has 0 aliphatic carbocycles. The minimum Gasteiger partial charge on any atom is -0.466 e. The summed E-state index contributed by atoms with van der Waals surface area (Å²) in [6, 6.07) is 0. The average molecular weight is 276 g/mol. The summed E-state index contributed by atoms with van der Waals surface area (Å²) >= 11 is 0. The van der Waals surface area contributed by atoms with Crippen molar-refractivity contribution in [1.82, 2.24) is 10.0 Å². The van der Waals surface area contributed by atoms with Crippen molar-refractivity contribution in [1.29, 1.82) is 0 Å². The predicted octanol–water partition coefficient (Wildman–Crippen LogP) is 0.972. The molecule has 0 unspecified atom stereocenters. The maximum atomic E-state index is 11.9. The first kappa shape index (κ1) is 17.7. The molecule has 7 nitrogen and oxygen atoms in total. The van der Waals surface area contributed by atoms with Crippen LogP contribution in [0.2, 0.25) is 0 Å². The normalized spacial score (nSPS) is 14.8. The predicted molar refractivity (Wildman–Crippen MR) is 69.0 cm³/mol. The molecular weight excluding hydrogens is 252 g/mol. The van der Waals surface area contributed by atoms with E-state index in [0.29, 0.717) is 0 Å². The van der Waals surface area contributed by atoms with E-state index in [0.717, 1.165) is 17.1 Å². The van der Waals surface area contributed by atoms with Crippen LogP contribution in [0.4, 0.5) is 4.79 Å². The van der Waals surface area contributed by atoms with Gasteiger partial charge in [0.2, 0.25) is 5.72 Å². The summed E-state index contributed by atoms with van der Waals surface area (Å²) in [7, 11) is 2.58. The molecule has 19 heavy (non-hydrogen) atoms. The molecule has 0 bridgehead atoms. The van der Waals surface area contributed by atoms with Crippen LogP contribution in [0, 0.1) is 0 Å². The standard InChI is InChI=1S/C12H24N2O5/c1-8-14(12(5,17)9(15)18-7)13(6)10(16)19-11(2,3)4/h17H,8H2,1-7H3/t12-/m0/s1. The summed E-state index contributed by atoms with van der Waals surface area (Å²) in [5, 5.41) is 12.4. The van der Waals surface area contributed by atoms with Crippen molar-refractivity contribution in [3.8, 4) is 0 Å². The van der Waals surface area contributed by atoms with Crippen LogP contribution < -0.4 is 0 Å². The van der Waals surface area contributed by atoms with Crippen molar-refractivity contribution < 1.29 is 24.2 Å². The van der Waals surface area contributed by atoms with Gasteiger partial charge < -0.3 is 14.6 Å². The van der Waals surface area contributed by atoms with Crippen LogP contribution in [0.5, 0.6) is 0 Å². The number of hydrogen-bond donors (Lipinski definition) is 1. The monoisotopic (exact) mass is 276 g/mol. The minimum atomic E-state index is -1.95. The van der Waals surface area contributed by atoms with Crippen molar-refractivity contribution in [3.63, 3.8) is 0 Å². The summed E-state index contributed by atoms with van der Waals surface area (Å²) in [6.45, 7) is 8.35. The Morgan fingerprint density at radius 3 is 2.00 bits per heavy atom. The fraction of sp³-hybridized carbons (Fsp3) is 0.833. The molecule has 0 spiro atoms. The molecule has 0 aromatic rings. The number of methoxy groups -OCH3 is 1. The van der Waals surface area contributed by atoms with Crippen LogP contribution >= 0.6 is 0 Å². The summed E-state index contributed by atoms with van der Waals surface area (Å²) in [6.07, 6.45) is -0.668. The van der Waals surface area contributed by atoms with Gasteiger partial charge in [0.15, 0.2) is 0 Å². The topological polar surface area (TPSA) is 79.3 Å². The second kappa shape index (κ2) is 6.21. The van der Waals surface area contributed by atoms with Gasteiger partial charge in [-0.25, -0.2) is 14.6 Å². The lowest BCUT2D eigenvalue weighted by Crippen LogP contribution is -2.61. The lowest BCUT2D eigenvalue weighted by atomic mass is 10.2. The van der Waals surface area contributed by atoms with E-state index in [1.54, 1.807) is 27.7 Å². The first-order valence-corrected chi connectivity index (χ1v) is 6.02. The molecule has 0 aromatic heterocycles. The Kier molecular flexibility index (Phi) is 5.77. The number of amides is 1. The fourth-order valence-electron chi connectivity index (χ4n) is 1.54. The van der Waals surface area contributed by atoms with Gasteiger partial charge in [-0.2, -0.15) is 5.01 Å². The average Bonchev–Trinajstić information content (AvgIpc) is 2.25. The van der Waals surface area contributed by atoms with Crippen LogP contribution in [0.3, 0.4) is 0 Å². The number of rotatable bonds is 4. The highest BCUT2D eigenvalue weighted by Crippen LogP contribution is 2.18. The molecule has 0 heterocycles. The molecule has 0 radical (unpaired) electrons. The molecule has 1 atom stereocenters. The third kappa shape index (κ3) is 4.68. The molecule has 0 saturated carbocycles. The van der Waals surface area contributed by atoms with Crippen molar-refractivity contribution in [2.45, 2.75) is 45.9 Å². The van der Waals surface area contributed by atoms with Gasteiger partial charge in [-0.1, -0.05) is 6.92 Å². The Labute approximate surface area is 114 Å². The lowest BCUT2D eigenvalue weighted by molar-refractivity contribution is -0.211. The second-order valence-corrected chi connectivity index (χ2v) is 5.23. The first-order chi connectivity index (χ1) is 8.47. The molecular formula is C12H24N2O5. The van der Waals surface area contributed by atoms with E-state index >= 15 is 0 Å². The Bertz CT molecular complexity index is 336. The Morgan fingerprint density at radius 1 is 1.21 bits per heavy atom. The Morgan fingerprint density at radius 2 is 1.68 bits per heavy atom. The number of esters is 1. The third-order valence-electron chi connectivity index (χ3n) is 2.39. The molecule has 0 rings (SSSR count). The summed E-state index contributed by atoms with van der Waals surface area (Å²) in [5.41, 5.74) is -2.61. The smallest absolute Gasteiger partial charge is 0.424 e. The van der Waals surface area contributed by atoms with Gasteiger partial charge in [-0.05, 0) is 27.7 Å². The van der Waals surface area contributed by atoms with Crippen LogP contribution in [0.1, 0.15) is 34.6 Å². The number of carbonyl (C=O) groups excluding carboxylic acids is 2. The van der Waals surface area contributed by atoms with Gasteiger partial charge >= 0.3 is 12.1 Å². The zero-order valence-electron chi connectivity index (χ0n) is 12.7. The number of hydrazine groups is 1. The Hall–Kier alpha value is -1.34. The molecule has 0 aromatic carbocycles. The summed E-state index contributed by atoms with van der Waals surface area (Å²) < 4.78 is 9.69. The zero-order valence-corrected chi connectivity index (χ0v) is 12.7. The van der Waals surface area contributed by atoms with Gasteiger partial charge in [-0.15, -0.1) is 0 Å². The summed E-state index contributed by atoms with van der Waals surface area (Å²) in [4.78, 5) is 23.5. The quantitative estimate of drug-likeness (QED) is 0.468. The van der Waals surface area contributed by atoms with Crippen LogP contribution in [0.15, 0.2) is 0 Å². The van der Waals surface area contributed by atoms with Gasteiger partial charge in [0.25, 0.3) is 0 Å². The van der Waals surface area contributed by atoms with E-state index in [-0.39, 0.29) is 6.54 Å². The number of aliphatic hydroxyl groups is 1. The largest absolute Gasteiger partial charge is 0.466 e. The van der Waals surface area contributed by atoms with E-state index < -0.39 is 23.4 Å². The summed E-state index contributed by atoms with van der Waals surface area (Å²) in [5.74, 6) is -0.857. The second-order valence-electron chi connectivity index (χ2n) is 5.23. The molecule has 7 heteroatoms. The van der Waals surface area contributed by atoms with E-state index in [2.05, 4.69) is 4.74 Å². The molecule has 1 N–H and O–H groups in total. The van der Waals surface area contributed by atoms with Crippen molar-refractivity contribution in [3.05, 3.63) is 0 Å². The zero-order chi connectivity index (χ0) is 15.4. The molecule has 0 fully saturated rings.